The summed E-state index contributed by atoms with van der Waals surface area (Å²) in [7, 11) is 1.25. The van der Waals surface area contributed by atoms with Crippen molar-refractivity contribution in [3.63, 3.8) is 0 Å². The second kappa shape index (κ2) is 9.87. The van der Waals surface area contributed by atoms with E-state index >= 15 is 0 Å². The van der Waals surface area contributed by atoms with E-state index in [0.717, 1.165) is 23.9 Å². The molecule has 0 radical (unpaired) electrons. The third-order valence-corrected chi connectivity index (χ3v) is 4.64. The van der Waals surface area contributed by atoms with E-state index in [1.165, 1.54) is 19.2 Å². The molecule has 0 aliphatic carbocycles. The average Bonchev–Trinajstić information content (AvgIpc) is 3.24. The van der Waals surface area contributed by atoms with Gasteiger partial charge in [-0.3, -0.25) is 9.59 Å². The molecule has 3 rings (SSSR count). The maximum absolute atomic E-state index is 12.9. The zero-order valence-electron chi connectivity index (χ0n) is 17.1. The highest BCUT2D eigenvalue weighted by Crippen LogP contribution is 2.13. The number of hydrogen-bond acceptors (Lipinski definition) is 7. The minimum atomic E-state index is -0.602. The summed E-state index contributed by atoms with van der Waals surface area (Å²) in [5.74, 6) is -0.721. The molecule has 0 aliphatic heterocycles. The number of aryl methyl sites for hydroxylation is 2. The molecule has 158 valence electrons. The van der Waals surface area contributed by atoms with Crippen molar-refractivity contribution in [1.82, 2.24) is 9.55 Å². The van der Waals surface area contributed by atoms with E-state index < -0.39 is 11.9 Å². The first-order valence-electron chi connectivity index (χ1n) is 9.84. The van der Waals surface area contributed by atoms with Gasteiger partial charge in [-0.2, -0.15) is 0 Å². The number of ether oxygens (including phenoxy) is 2. The van der Waals surface area contributed by atoms with Crippen LogP contribution >= 0.6 is 0 Å². The van der Waals surface area contributed by atoms with Crippen LogP contribution < -0.4 is 5.56 Å². The average molecular weight is 412 g/mol. The van der Waals surface area contributed by atoms with E-state index in [0.29, 0.717) is 18.0 Å². The largest absolute Gasteiger partial charge is 0.463 e. The van der Waals surface area contributed by atoms with Crippen LogP contribution in [0.15, 0.2) is 45.6 Å². The quantitative estimate of drug-likeness (QED) is 0.497. The van der Waals surface area contributed by atoms with Crippen LogP contribution in [0.25, 0.3) is 11.0 Å². The van der Waals surface area contributed by atoms with Gasteiger partial charge in [-0.15, -0.1) is 0 Å². The minimum absolute atomic E-state index is 0.0128. The number of rotatable bonds is 9. The lowest BCUT2D eigenvalue weighted by atomic mass is 10.2. The van der Waals surface area contributed by atoms with Gasteiger partial charge < -0.3 is 18.5 Å². The summed E-state index contributed by atoms with van der Waals surface area (Å²) in [4.78, 5) is 40.8. The Morgan fingerprint density at radius 2 is 1.97 bits per heavy atom. The lowest BCUT2D eigenvalue weighted by Gasteiger charge is -2.11. The van der Waals surface area contributed by atoms with E-state index in [4.69, 9.17) is 9.15 Å². The van der Waals surface area contributed by atoms with Crippen molar-refractivity contribution >= 4 is 23.0 Å². The molecule has 0 amide bonds. The Kier molecular flexibility index (Phi) is 7.00. The van der Waals surface area contributed by atoms with Crippen LogP contribution in [-0.2, 0) is 33.8 Å². The molecule has 30 heavy (non-hydrogen) atoms. The van der Waals surface area contributed by atoms with Crippen molar-refractivity contribution in [2.24, 2.45) is 0 Å². The molecule has 8 heteroatoms. The zero-order chi connectivity index (χ0) is 21.5. The number of aromatic nitrogens is 2. The number of furan rings is 1. The van der Waals surface area contributed by atoms with Crippen LogP contribution in [0.4, 0.5) is 0 Å². The molecule has 1 aromatic carbocycles. The van der Waals surface area contributed by atoms with Crippen LogP contribution in [-0.4, -0.2) is 28.6 Å². The van der Waals surface area contributed by atoms with Gasteiger partial charge in [0.1, 0.15) is 18.1 Å². The standard InChI is InChI=1S/C22H24N2O6/c1-3-4-13-24-18-8-6-5-7-16(18)23-17(21(24)26)10-12-20(25)29-14-15-9-11-19(30-15)22(27)28-2/h5-9,11H,3-4,10,12-14H2,1-2H3. The van der Waals surface area contributed by atoms with E-state index in [1.807, 2.05) is 24.3 Å². The highest BCUT2D eigenvalue weighted by molar-refractivity contribution is 5.86. The summed E-state index contributed by atoms with van der Waals surface area (Å²) in [5, 5.41) is 0. The van der Waals surface area contributed by atoms with Gasteiger partial charge in [0.25, 0.3) is 5.56 Å². The van der Waals surface area contributed by atoms with Crippen molar-refractivity contribution < 1.29 is 23.5 Å². The minimum Gasteiger partial charge on any atom is -0.463 e. The molecule has 0 atom stereocenters. The predicted octanol–water partition coefficient (Wildman–Crippen LogP) is 3.25. The van der Waals surface area contributed by atoms with Crippen molar-refractivity contribution in [1.29, 1.82) is 0 Å². The number of benzene rings is 1. The van der Waals surface area contributed by atoms with Gasteiger partial charge in [-0.05, 0) is 30.7 Å². The van der Waals surface area contributed by atoms with Crippen LogP contribution in [0, 0.1) is 0 Å². The first-order valence-corrected chi connectivity index (χ1v) is 9.84. The van der Waals surface area contributed by atoms with Gasteiger partial charge in [-0.1, -0.05) is 25.5 Å². The van der Waals surface area contributed by atoms with Crippen LogP contribution in [0.5, 0.6) is 0 Å². The number of esters is 2. The zero-order valence-corrected chi connectivity index (χ0v) is 17.1. The highest BCUT2D eigenvalue weighted by atomic mass is 16.5. The molecule has 2 heterocycles. The van der Waals surface area contributed by atoms with Gasteiger partial charge in [0.2, 0.25) is 5.76 Å². The summed E-state index contributed by atoms with van der Waals surface area (Å²) >= 11 is 0. The van der Waals surface area contributed by atoms with E-state index in [2.05, 4.69) is 16.6 Å². The first-order chi connectivity index (χ1) is 14.5. The normalized spacial score (nSPS) is 10.9. The molecule has 0 N–H and O–H groups in total. The SMILES string of the molecule is CCCCn1c(=O)c(CCC(=O)OCc2ccc(C(=O)OC)o2)nc2ccccc21. The van der Waals surface area contributed by atoms with E-state index in [1.54, 1.807) is 4.57 Å². The van der Waals surface area contributed by atoms with E-state index in [9.17, 15) is 14.4 Å². The van der Waals surface area contributed by atoms with Crippen molar-refractivity contribution in [3.8, 4) is 0 Å². The molecular formula is C22H24N2O6. The van der Waals surface area contributed by atoms with Gasteiger partial charge in [0.05, 0.1) is 24.6 Å². The van der Waals surface area contributed by atoms with Crippen molar-refractivity contribution in [3.05, 3.63) is 64.0 Å². The summed E-state index contributed by atoms with van der Waals surface area (Å²) in [6.07, 6.45) is 2.04. The number of carbonyl (C=O) groups is 2. The fourth-order valence-corrected chi connectivity index (χ4v) is 3.06. The Labute approximate surface area is 173 Å². The van der Waals surface area contributed by atoms with Gasteiger partial charge in [-0.25, -0.2) is 9.78 Å². The van der Waals surface area contributed by atoms with Crippen molar-refractivity contribution in [2.45, 2.75) is 45.8 Å². The topological polar surface area (TPSA) is 101 Å². The molecule has 0 spiro atoms. The highest BCUT2D eigenvalue weighted by Gasteiger charge is 2.15. The predicted molar refractivity (Wildman–Crippen MR) is 109 cm³/mol. The molecule has 3 aromatic rings. The molecule has 0 bridgehead atoms. The number of fused-ring (bicyclic) bond motifs is 1. The lowest BCUT2D eigenvalue weighted by molar-refractivity contribution is -0.145. The van der Waals surface area contributed by atoms with Gasteiger partial charge >= 0.3 is 11.9 Å². The van der Waals surface area contributed by atoms with E-state index in [-0.39, 0.29) is 30.8 Å². The Hall–Kier alpha value is -3.42. The van der Waals surface area contributed by atoms with Crippen LogP contribution in [0.2, 0.25) is 0 Å². The number of carbonyl (C=O) groups excluding carboxylic acids is 2. The Morgan fingerprint density at radius 1 is 1.17 bits per heavy atom. The Balaban J connectivity index is 1.65. The maximum Gasteiger partial charge on any atom is 0.373 e. The summed E-state index contributed by atoms with van der Waals surface area (Å²) in [5.41, 5.74) is 1.68. The molecule has 8 nitrogen and oxygen atoms in total. The fourth-order valence-electron chi connectivity index (χ4n) is 3.06. The first kappa shape index (κ1) is 21.3. The third-order valence-electron chi connectivity index (χ3n) is 4.64. The molecule has 0 saturated heterocycles. The third kappa shape index (κ3) is 4.94. The Morgan fingerprint density at radius 3 is 2.73 bits per heavy atom. The number of nitrogens with zero attached hydrogens (tertiary/aromatic N) is 2. The Bertz CT molecular complexity index is 1100. The molecule has 0 saturated carbocycles. The van der Waals surface area contributed by atoms with Crippen LogP contribution in [0.1, 0.15) is 48.2 Å². The maximum atomic E-state index is 12.9. The number of para-hydroxylation sites is 2. The molecule has 2 aromatic heterocycles. The number of methoxy groups -OCH3 is 1. The fraction of sp³-hybridized carbons (Fsp3) is 0.364. The monoisotopic (exact) mass is 412 g/mol. The lowest BCUT2D eigenvalue weighted by Crippen LogP contribution is -2.26. The summed E-state index contributed by atoms with van der Waals surface area (Å²) < 4.78 is 16.7. The van der Waals surface area contributed by atoms with Crippen LogP contribution in [0.3, 0.4) is 0 Å². The second-order valence-electron chi connectivity index (χ2n) is 6.78. The van der Waals surface area contributed by atoms with Gasteiger partial charge in [0.15, 0.2) is 0 Å². The number of unbranched alkanes of at least 4 members (excludes halogenated alkanes) is 1. The molecule has 0 fully saturated rings. The number of hydrogen-bond donors (Lipinski definition) is 0. The van der Waals surface area contributed by atoms with Crippen molar-refractivity contribution in [2.75, 3.05) is 7.11 Å². The summed E-state index contributed by atoms with van der Waals surface area (Å²) in [6.45, 7) is 2.57. The molecule has 0 unspecified atom stereocenters. The smallest absolute Gasteiger partial charge is 0.373 e. The molecular weight excluding hydrogens is 388 g/mol. The summed E-state index contributed by atoms with van der Waals surface area (Å²) in [6, 6.07) is 10.5. The molecule has 0 aliphatic rings. The van der Waals surface area contributed by atoms with Gasteiger partial charge in [0, 0.05) is 13.0 Å². The second-order valence-corrected chi connectivity index (χ2v) is 6.78.